The molecule has 1 saturated carbocycles. The van der Waals surface area contributed by atoms with Gasteiger partial charge in [0.1, 0.15) is 0 Å². The molecule has 0 aromatic carbocycles. The fourth-order valence-electron chi connectivity index (χ4n) is 3.18. The summed E-state index contributed by atoms with van der Waals surface area (Å²) in [5.41, 5.74) is 0. The Morgan fingerprint density at radius 2 is 1.59 bits per heavy atom. The lowest BCUT2D eigenvalue weighted by Gasteiger charge is -2.26. The van der Waals surface area contributed by atoms with Gasteiger partial charge < -0.3 is 4.65 Å². The van der Waals surface area contributed by atoms with Crippen molar-refractivity contribution in [3.63, 3.8) is 0 Å². The summed E-state index contributed by atoms with van der Waals surface area (Å²) in [6.45, 7) is 2.84. The van der Waals surface area contributed by atoms with Gasteiger partial charge in [0.25, 0.3) is 6.92 Å². The summed E-state index contributed by atoms with van der Waals surface area (Å²) in [4.78, 5) is 0. The van der Waals surface area contributed by atoms with Crippen molar-refractivity contribution in [3.8, 4) is 0 Å². The second-order valence-corrected chi connectivity index (χ2v) is 5.73. The van der Waals surface area contributed by atoms with Crippen molar-refractivity contribution in [1.29, 1.82) is 0 Å². The van der Waals surface area contributed by atoms with E-state index in [0.29, 0.717) is 6.92 Å². The van der Waals surface area contributed by atoms with Gasteiger partial charge in [0, 0.05) is 7.11 Å². The Labute approximate surface area is 109 Å². The van der Waals surface area contributed by atoms with Gasteiger partial charge in [0.15, 0.2) is 0 Å². The Morgan fingerprint density at radius 3 is 2.24 bits per heavy atom. The van der Waals surface area contributed by atoms with Gasteiger partial charge in [0.05, 0.1) is 0 Å². The summed E-state index contributed by atoms with van der Waals surface area (Å²) in [7, 11) is 1.91. The molecule has 1 aliphatic carbocycles. The van der Waals surface area contributed by atoms with E-state index in [1.54, 1.807) is 0 Å². The third-order valence-corrected chi connectivity index (χ3v) is 4.32. The average molecular weight is 238 g/mol. The Balaban J connectivity index is 2.05. The van der Waals surface area contributed by atoms with E-state index < -0.39 is 0 Å². The van der Waals surface area contributed by atoms with Gasteiger partial charge in [-0.05, 0) is 12.1 Å². The van der Waals surface area contributed by atoms with E-state index in [1.165, 1.54) is 76.9 Å². The van der Waals surface area contributed by atoms with Crippen LogP contribution in [0.4, 0.5) is 0 Å². The van der Waals surface area contributed by atoms with Crippen molar-refractivity contribution in [2.45, 2.75) is 89.7 Å². The molecule has 0 saturated heterocycles. The third-order valence-electron chi connectivity index (χ3n) is 4.32. The summed E-state index contributed by atoms with van der Waals surface area (Å²) in [5, 5.41) is 0. The molecule has 0 amide bonds. The zero-order valence-electron chi connectivity index (χ0n) is 12.0. The molecule has 0 aromatic rings. The maximum atomic E-state index is 5.72. The first-order chi connectivity index (χ1) is 8.38. The predicted molar refractivity (Wildman–Crippen MR) is 77.8 cm³/mol. The maximum Gasteiger partial charge on any atom is 0.295 e. The number of hydrogen-bond donors (Lipinski definition) is 0. The van der Waals surface area contributed by atoms with Crippen LogP contribution in [0.25, 0.3) is 0 Å². The minimum atomic E-state index is 0.557. The molecule has 0 aromatic heterocycles. The van der Waals surface area contributed by atoms with Crippen molar-refractivity contribution >= 4 is 6.92 Å². The molecule has 0 aliphatic heterocycles. The molecule has 1 aliphatic rings. The number of rotatable bonds is 9. The van der Waals surface area contributed by atoms with Crippen molar-refractivity contribution < 1.29 is 4.65 Å². The lowest BCUT2D eigenvalue weighted by molar-refractivity contribution is 0.376. The van der Waals surface area contributed by atoms with Crippen LogP contribution in [0.3, 0.4) is 0 Å². The molecule has 0 atom stereocenters. The van der Waals surface area contributed by atoms with Crippen LogP contribution in [-0.4, -0.2) is 14.0 Å². The fraction of sp³-hybridized carbons (Fsp3) is 1.00. The monoisotopic (exact) mass is 238 g/mol. The molecule has 1 fully saturated rings. The Hall–Kier alpha value is 0.0249. The molecule has 17 heavy (non-hydrogen) atoms. The lowest BCUT2D eigenvalue weighted by Crippen LogP contribution is -2.25. The Bertz CT molecular complexity index is 166. The molecule has 0 unspecified atom stereocenters. The maximum absolute atomic E-state index is 5.72. The third kappa shape index (κ3) is 6.50. The van der Waals surface area contributed by atoms with E-state index in [2.05, 4.69) is 6.92 Å². The van der Waals surface area contributed by atoms with E-state index in [1.807, 2.05) is 7.11 Å². The van der Waals surface area contributed by atoms with E-state index in [0.717, 1.165) is 5.82 Å². The first kappa shape index (κ1) is 15.1. The van der Waals surface area contributed by atoms with Crippen LogP contribution in [0.15, 0.2) is 0 Å². The van der Waals surface area contributed by atoms with E-state index in [4.69, 9.17) is 4.65 Å². The quantitative estimate of drug-likeness (QED) is 0.390. The Morgan fingerprint density at radius 1 is 0.941 bits per heavy atom. The van der Waals surface area contributed by atoms with Gasteiger partial charge in [-0.1, -0.05) is 77.6 Å². The van der Waals surface area contributed by atoms with Gasteiger partial charge >= 0.3 is 0 Å². The second kappa shape index (κ2) is 9.99. The van der Waals surface area contributed by atoms with Crippen molar-refractivity contribution in [2.24, 2.45) is 0 Å². The molecule has 1 rings (SSSR count). The minimum absolute atomic E-state index is 0.557. The topological polar surface area (TPSA) is 9.23 Å². The molecule has 0 heterocycles. The normalized spacial score (nSPS) is 17.3. The van der Waals surface area contributed by atoms with Gasteiger partial charge in [0.2, 0.25) is 0 Å². The highest BCUT2D eigenvalue weighted by Crippen LogP contribution is 2.33. The summed E-state index contributed by atoms with van der Waals surface area (Å²) >= 11 is 0. The highest BCUT2D eigenvalue weighted by molar-refractivity contribution is 6.53. The first-order valence-corrected chi connectivity index (χ1v) is 7.91. The summed E-state index contributed by atoms with van der Waals surface area (Å²) < 4.78 is 5.72. The van der Waals surface area contributed by atoms with Crippen LogP contribution in [-0.2, 0) is 4.65 Å². The van der Waals surface area contributed by atoms with Crippen molar-refractivity contribution in [1.82, 2.24) is 0 Å². The molecule has 100 valence electrons. The highest BCUT2D eigenvalue weighted by atomic mass is 16.4. The van der Waals surface area contributed by atoms with Gasteiger partial charge in [-0.15, -0.1) is 0 Å². The molecule has 2 heteroatoms. The summed E-state index contributed by atoms with van der Waals surface area (Å²) in [6.07, 6.45) is 16.8. The zero-order chi connectivity index (χ0) is 12.3. The van der Waals surface area contributed by atoms with Crippen LogP contribution in [0.5, 0.6) is 0 Å². The van der Waals surface area contributed by atoms with Gasteiger partial charge in [-0.3, -0.25) is 0 Å². The Kier molecular flexibility index (Phi) is 8.87. The largest absolute Gasteiger partial charge is 0.438 e. The molecule has 0 spiro atoms. The molecule has 0 radical (unpaired) electrons. The zero-order valence-corrected chi connectivity index (χ0v) is 12.0. The number of hydrogen-bond acceptors (Lipinski definition) is 1. The van der Waals surface area contributed by atoms with E-state index in [9.17, 15) is 0 Å². The number of unbranched alkanes of at least 4 members (excludes halogenated alkanes) is 5. The average Bonchev–Trinajstić information content (AvgIpc) is 2.39. The highest BCUT2D eigenvalue weighted by Gasteiger charge is 2.27. The minimum Gasteiger partial charge on any atom is -0.438 e. The second-order valence-electron chi connectivity index (χ2n) is 5.73. The standard InChI is InChI=1S/C15H31BO/c1-3-4-5-6-7-11-14-16(17-2)15-12-9-8-10-13-15/h15H,3-14H2,1-2H3. The van der Waals surface area contributed by atoms with Crippen LogP contribution in [0.1, 0.15) is 77.6 Å². The van der Waals surface area contributed by atoms with E-state index in [-0.39, 0.29) is 0 Å². The van der Waals surface area contributed by atoms with Crippen LogP contribution < -0.4 is 0 Å². The predicted octanol–water partition coefficient (Wildman–Crippen LogP) is 5.32. The van der Waals surface area contributed by atoms with Gasteiger partial charge in [-0.2, -0.15) is 0 Å². The summed E-state index contributed by atoms with van der Waals surface area (Å²) in [6, 6.07) is 0. The lowest BCUT2D eigenvalue weighted by atomic mass is 9.49. The van der Waals surface area contributed by atoms with E-state index >= 15 is 0 Å². The molecular formula is C15H31BO. The molecular weight excluding hydrogens is 207 g/mol. The fourth-order valence-corrected chi connectivity index (χ4v) is 3.18. The van der Waals surface area contributed by atoms with Gasteiger partial charge in [-0.25, -0.2) is 0 Å². The molecule has 0 bridgehead atoms. The van der Waals surface area contributed by atoms with Crippen molar-refractivity contribution in [2.75, 3.05) is 7.11 Å². The molecule has 1 nitrogen and oxygen atoms in total. The van der Waals surface area contributed by atoms with Crippen LogP contribution in [0.2, 0.25) is 12.1 Å². The SMILES string of the molecule is CCCCCCCCB(OC)C1CCCCC1. The smallest absolute Gasteiger partial charge is 0.295 e. The molecule has 0 N–H and O–H groups in total. The first-order valence-electron chi connectivity index (χ1n) is 7.91. The van der Waals surface area contributed by atoms with Crippen LogP contribution in [0, 0.1) is 0 Å². The van der Waals surface area contributed by atoms with Crippen LogP contribution >= 0.6 is 0 Å². The summed E-state index contributed by atoms with van der Waals surface area (Å²) in [5.74, 6) is 0.865. The van der Waals surface area contributed by atoms with Crippen molar-refractivity contribution in [3.05, 3.63) is 0 Å².